The van der Waals surface area contributed by atoms with E-state index in [9.17, 15) is 14.4 Å². The van der Waals surface area contributed by atoms with Crippen molar-refractivity contribution < 1.29 is 18.8 Å². The van der Waals surface area contributed by atoms with Gasteiger partial charge >= 0.3 is 0 Å². The van der Waals surface area contributed by atoms with Crippen molar-refractivity contribution in [3.63, 3.8) is 0 Å². The Kier molecular flexibility index (Phi) is 6.56. The maximum absolute atomic E-state index is 13.5. The molecule has 2 aliphatic heterocycles. The van der Waals surface area contributed by atoms with Gasteiger partial charge in [-0.05, 0) is 62.4 Å². The summed E-state index contributed by atoms with van der Waals surface area (Å²) in [6.07, 6.45) is 7.67. The lowest BCUT2D eigenvalue weighted by molar-refractivity contribution is -0.122. The molecule has 2 aromatic rings. The van der Waals surface area contributed by atoms with Gasteiger partial charge in [0.2, 0.25) is 5.91 Å². The van der Waals surface area contributed by atoms with Crippen molar-refractivity contribution in [1.29, 1.82) is 0 Å². The normalized spacial score (nSPS) is 19.0. The molecular formula is C26H32N4O4. The number of carbonyl (C=O) groups is 3. The molecule has 5 rings (SSSR count). The molecule has 0 atom stereocenters. The second-order valence-electron chi connectivity index (χ2n) is 9.46. The molecule has 3 aliphatic rings. The van der Waals surface area contributed by atoms with E-state index in [1.807, 2.05) is 23.1 Å². The highest BCUT2D eigenvalue weighted by Gasteiger charge is 2.29. The zero-order chi connectivity index (χ0) is 23.5. The number of hydrogen-bond acceptors (Lipinski definition) is 5. The molecule has 0 unspecified atom stereocenters. The Balaban J connectivity index is 1.34. The van der Waals surface area contributed by atoms with Gasteiger partial charge in [0.15, 0.2) is 5.76 Å². The first-order valence-corrected chi connectivity index (χ1v) is 12.4. The number of benzene rings is 1. The van der Waals surface area contributed by atoms with Gasteiger partial charge in [-0.2, -0.15) is 0 Å². The Bertz CT molecular complexity index is 1030. The summed E-state index contributed by atoms with van der Waals surface area (Å²) in [5, 5.41) is 3.02. The molecule has 1 aromatic heterocycles. The fraction of sp³-hybridized carbons (Fsp3) is 0.500. The van der Waals surface area contributed by atoms with E-state index in [1.165, 1.54) is 6.26 Å². The zero-order valence-corrected chi connectivity index (χ0v) is 19.5. The van der Waals surface area contributed by atoms with Gasteiger partial charge in [-0.15, -0.1) is 0 Å². The summed E-state index contributed by atoms with van der Waals surface area (Å²) >= 11 is 0. The van der Waals surface area contributed by atoms with E-state index in [-0.39, 0.29) is 23.6 Å². The molecule has 8 heteroatoms. The van der Waals surface area contributed by atoms with Crippen LogP contribution in [-0.2, 0) is 4.79 Å². The van der Waals surface area contributed by atoms with E-state index in [0.29, 0.717) is 43.2 Å². The van der Waals surface area contributed by atoms with Crippen molar-refractivity contribution in [2.24, 2.45) is 5.92 Å². The number of anilines is 2. The number of furan rings is 1. The average Bonchev–Trinajstić information content (AvgIpc) is 3.38. The molecule has 1 saturated carbocycles. The van der Waals surface area contributed by atoms with Gasteiger partial charge in [-0.3, -0.25) is 14.4 Å². The van der Waals surface area contributed by atoms with Crippen LogP contribution < -0.4 is 10.2 Å². The van der Waals surface area contributed by atoms with Crippen LogP contribution in [-0.4, -0.2) is 66.8 Å². The number of nitrogens with zero attached hydrogens (tertiary/aromatic N) is 3. The van der Waals surface area contributed by atoms with Gasteiger partial charge in [0.05, 0.1) is 11.8 Å². The van der Waals surface area contributed by atoms with Crippen LogP contribution in [0, 0.1) is 5.92 Å². The monoisotopic (exact) mass is 464 g/mol. The van der Waals surface area contributed by atoms with Crippen molar-refractivity contribution in [3.8, 4) is 0 Å². The van der Waals surface area contributed by atoms with Gasteiger partial charge in [-0.1, -0.05) is 6.42 Å². The SMILES string of the molecule is O=C(Nc1ccc(N2CCN(C(=O)c3ccco3)CC2)c(C(=O)N2CCCCC2)c1)C1CCC1. The van der Waals surface area contributed by atoms with Gasteiger partial charge in [-0.25, -0.2) is 0 Å². The van der Waals surface area contributed by atoms with E-state index in [1.54, 1.807) is 17.0 Å². The maximum Gasteiger partial charge on any atom is 0.289 e. The summed E-state index contributed by atoms with van der Waals surface area (Å²) in [5.41, 5.74) is 2.16. The third-order valence-corrected chi connectivity index (χ3v) is 7.25. The molecule has 180 valence electrons. The highest BCUT2D eigenvalue weighted by atomic mass is 16.3. The molecule has 1 aromatic carbocycles. The molecule has 2 saturated heterocycles. The van der Waals surface area contributed by atoms with Gasteiger partial charge in [0.25, 0.3) is 11.8 Å². The Labute approximate surface area is 199 Å². The van der Waals surface area contributed by atoms with Crippen LogP contribution in [0.15, 0.2) is 41.0 Å². The molecule has 3 heterocycles. The lowest BCUT2D eigenvalue weighted by atomic mass is 9.85. The minimum atomic E-state index is -0.108. The number of piperazine rings is 1. The highest BCUT2D eigenvalue weighted by Crippen LogP contribution is 2.31. The van der Waals surface area contributed by atoms with E-state index < -0.39 is 0 Å². The van der Waals surface area contributed by atoms with Crippen LogP contribution in [0.5, 0.6) is 0 Å². The minimum absolute atomic E-state index is 0.0172. The topological polar surface area (TPSA) is 86.1 Å². The summed E-state index contributed by atoms with van der Waals surface area (Å²) in [6.45, 7) is 3.89. The molecule has 34 heavy (non-hydrogen) atoms. The summed E-state index contributed by atoms with van der Waals surface area (Å²) in [4.78, 5) is 44.6. The van der Waals surface area contributed by atoms with E-state index >= 15 is 0 Å². The Morgan fingerprint density at radius 3 is 2.21 bits per heavy atom. The summed E-state index contributed by atoms with van der Waals surface area (Å²) in [6, 6.07) is 9.06. The van der Waals surface area contributed by atoms with Gasteiger partial charge in [0, 0.05) is 56.6 Å². The summed E-state index contributed by atoms with van der Waals surface area (Å²) in [7, 11) is 0. The standard InChI is InChI=1S/C26H32N4O4/c31-24(19-6-4-7-19)27-20-9-10-22(21(18-20)25(32)29-11-2-1-3-12-29)28-13-15-30(16-14-28)26(33)23-8-5-17-34-23/h5,8-10,17-19H,1-4,6-7,11-16H2,(H,27,31). The Hall–Kier alpha value is -3.29. The predicted molar refractivity (Wildman–Crippen MR) is 129 cm³/mol. The molecule has 3 amide bonds. The first kappa shape index (κ1) is 22.5. The van der Waals surface area contributed by atoms with Crippen molar-refractivity contribution >= 4 is 29.1 Å². The van der Waals surface area contributed by atoms with Crippen LogP contribution in [0.25, 0.3) is 0 Å². The Morgan fingerprint density at radius 2 is 1.56 bits per heavy atom. The number of carbonyl (C=O) groups excluding carboxylic acids is 3. The quantitative estimate of drug-likeness (QED) is 0.731. The molecule has 8 nitrogen and oxygen atoms in total. The number of likely N-dealkylation sites (tertiary alicyclic amines) is 1. The van der Waals surface area contributed by atoms with Gasteiger partial charge < -0.3 is 24.4 Å². The first-order valence-electron chi connectivity index (χ1n) is 12.4. The van der Waals surface area contributed by atoms with E-state index in [2.05, 4.69) is 10.2 Å². The van der Waals surface area contributed by atoms with Crippen molar-refractivity contribution in [2.45, 2.75) is 38.5 Å². The second-order valence-corrected chi connectivity index (χ2v) is 9.46. The highest BCUT2D eigenvalue weighted by molar-refractivity contribution is 6.02. The second kappa shape index (κ2) is 9.91. The number of rotatable bonds is 5. The molecule has 3 fully saturated rings. The number of nitrogens with one attached hydrogen (secondary N) is 1. The van der Waals surface area contributed by atoms with Crippen molar-refractivity contribution in [2.75, 3.05) is 49.5 Å². The van der Waals surface area contributed by atoms with Crippen LogP contribution in [0.3, 0.4) is 0 Å². The van der Waals surface area contributed by atoms with Crippen LogP contribution in [0.4, 0.5) is 11.4 Å². The number of piperidine rings is 1. The molecule has 0 bridgehead atoms. The smallest absolute Gasteiger partial charge is 0.289 e. The third-order valence-electron chi connectivity index (χ3n) is 7.25. The first-order chi connectivity index (χ1) is 16.6. The Morgan fingerprint density at radius 1 is 0.824 bits per heavy atom. The van der Waals surface area contributed by atoms with Gasteiger partial charge in [0.1, 0.15) is 0 Å². The number of amides is 3. The lowest BCUT2D eigenvalue weighted by Crippen LogP contribution is -2.49. The predicted octanol–water partition coefficient (Wildman–Crippen LogP) is 3.61. The van der Waals surface area contributed by atoms with Crippen molar-refractivity contribution in [1.82, 2.24) is 9.80 Å². The molecular weight excluding hydrogens is 432 g/mol. The molecule has 1 N–H and O–H groups in total. The van der Waals surface area contributed by atoms with Crippen LogP contribution in [0.2, 0.25) is 0 Å². The third kappa shape index (κ3) is 4.67. The number of hydrogen-bond donors (Lipinski definition) is 1. The van der Waals surface area contributed by atoms with E-state index in [0.717, 1.165) is 57.3 Å². The fourth-order valence-electron chi connectivity index (χ4n) is 4.95. The molecule has 1 aliphatic carbocycles. The molecule has 0 spiro atoms. The lowest BCUT2D eigenvalue weighted by Gasteiger charge is -2.37. The maximum atomic E-state index is 13.5. The average molecular weight is 465 g/mol. The zero-order valence-electron chi connectivity index (χ0n) is 19.5. The minimum Gasteiger partial charge on any atom is -0.459 e. The molecule has 0 radical (unpaired) electrons. The fourth-order valence-corrected chi connectivity index (χ4v) is 4.95. The van der Waals surface area contributed by atoms with Crippen LogP contribution >= 0.6 is 0 Å². The van der Waals surface area contributed by atoms with Crippen molar-refractivity contribution in [3.05, 3.63) is 47.9 Å². The van der Waals surface area contributed by atoms with Crippen LogP contribution in [0.1, 0.15) is 59.4 Å². The van der Waals surface area contributed by atoms with E-state index in [4.69, 9.17) is 4.42 Å². The summed E-state index contributed by atoms with van der Waals surface area (Å²) in [5.74, 6) is 0.383. The largest absolute Gasteiger partial charge is 0.459 e. The summed E-state index contributed by atoms with van der Waals surface area (Å²) < 4.78 is 5.26.